The van der Waals surface area contributed by atoms with Gasteiger partial charge in [-0.1, -0.05) is 158 Å². The molecule has 0 saturated heterocycles. The third-order valence-electron chi connectivity index (χ3n) is 13.3. The van der Waals surface area contributed by atoms with Crippen LogP contribution in [0.1, 0.15) is 44.5 Å². The third kappa shape index (κ3) is 6.24. The van der Waals surface area contributed by atoms with Crippen molar-refractivity contribution >= 4 is 66.4 Å². The van der Waals surface area contributed by atoms with Gasteiger partial charge in [0.2, 0.25) is 0 Å². The van der Waals surface area contributed by atoms with Crippen molar-refractivity contribution in [3.8, 4) is 22.3 Å². The number of nitrogens with zero attached hydrogens (tertiary/aromatic N) is 2. The number of hydrogen-bond acceptors (Lipinski definition) is 2. The largest absolute Gasteiger partial charge is 0.309 e. The maximum absolute atomic E-state index is 2.57. The monoisotopic (exact) mass is 800 g/mol. The Hall–Kier alpha value is -7.16. The fourth-order valence-electron chi connectivity index (χ4n) is 10.4. The molecule has 2 heteroatoms. The predicted molar refractivity (Wildman–Crippen MR) is 268 cm³/mol. The van der Waals surface area contributed by atoms with Gasteiger partial charge in [-0.3, -0.25) is 0 Å². The molecule has 0 heterocycles. The molecule has 0 radical (unpaired) electrons. The van der Waals surface area contributed by atoms with Crippen molar-refractivity contribution in [2.75, 3.05) is 9.80 Å². The molecule has 302 valence electrons. The van der Waals surface area contributed by atoms with Crippen LogP contribution in [0.4, 0.5) is 34.1 Å². The molecule has 0 amide bonds. The van der Waals surface area contributed by atoms with E-state index in [0.717, 1.165) is 0 Å². The summed E-state index contributed by atoms with van der Waals surface area (Å²) in [7, 11) is 0. The molecule has 10 aromatic rings. The standard InChI is InChI=1S/C60H52N2/c1-37-17-15-18-38(2)57(37)61(59-41(5)25-31-49(43(59)7)45-21-11-9-12-22-45)53-35-29-47-28-34-52-54(36-30-48-27-33-51(53)55(47)56(48)52)62(58-39(3)19-16-20-40(58)4)60-42(6)26-32-50(44(60)8)46-23-13-10-14-24-46/h9-36H,1-8H3. The van der Waals surface area contributed by atoms with Gasteiger partial charge in [0.15, 0.2) is 0 Å². The third-order valence-corrected chi connectivity index (χ3v) is 13.3. The Labute approximate surface area is 366 Å². The quantitative estimate of drug-likeness (QED) is 0.141. The fourth-order valence-corrected chi connectivity index (χ4v) is 10.4. The van der Waals surface area contributed by atoms with Crippen molar-refractivity contribution in [2.45, 2.75) is 55.4 Å². The van der Waals surface area contributed by atoms with Gasteiger partial charge in [0.25, 0.3) is 0 Å². The van der Waals surface area contributed by atoms with Crippen LogP contribution in [0.3, 0.4) is 0 Å². The van der Waals surface area contributed by atoms with Gasteiger partial charge in [-0.05, 0) is 156 Å². The van der Waals surface area contributed by atoms with Gasteiger partial charge < -0.3 is 9.80 Å². The summed E-state index contributed by atoms with van der Waals surface area (Å²) in [6.07, 6.45) is 0. The molecular formula is C60H52N2. The molecule has 0 aliphatic heterocycles. The summed E-state index contributed by atoms with van der Waals surface area (Å²) in [6.45, 7) is 18.1. The van der Waals surface area contributed by atoms with Gasteiger partial charge in [0.1, 0.15) is 0 Å². The summed E-state index contributed by atoms with van der Waals surface area (Å²) in [5.74, 6) is 0. The number of rotatable bonds is 8. The van der Waals surface area contributed by atoms with E-state index in [4.69, 9.17) is 0 Å². The van der Waals surface area contributed by atoms with Crippen LogP contribution in [0.2, 0.25) is 0 Å². The van der Waals surface area contributed by atoms with Gasteiger partial charge in [-0.2, -0.15) is 0 Å². The van der Waals surface area contributed by atoms with E-state index in [1.807, 2.05) is 0 Å². The first-order chi connectivity index (χ1) is 30.1. The molecule has 0 bridgehead atoms. The van der Waals surface area contributed by atoms with Crippen molar-refractivity contribution in [1.82, 2.24) is 0 Å². The molecule has 0 aliphatic rings. The average Bonchev–Trinajstić information content (AvgIpc) is 3.27. The van der Waals surface area contributed by atoms with Crippen molar-refractivity contribution in [3.63, 3.8) is 0 Å². The molecule has 0 aliphatic carbocycles. The van der Waals surface area contributed by atoms with E-state index in [2.05, 4.69) is 235 Å². The summed E-state index contributed by atoms with van der Waals surface area (Å²) >= 11 is 0. The lowest BCUT2D eigenvalue weighted by atomic mass is 9.90. The Morgan fingerprint density at radius 3 is 0.984 bits per heavy atom. The maximum atomic E-state index is 2.57. The molecule has 2 nitrogen and oxygen atoms in total. The van der Waals surface area contributed by atoms with E-state index in [1.54, 1.807) is 0 Å². The lowest BCUT2D eigenvalue weighted by Crippen LogP contribution is -2.17. The van der Waals surface area contributed by atoms with Crippen LogP contribution in [-0.4, -0.2) is 0 Å². The molecule has 0 atom stereocenters. The first-order valence-electron chi connectivity index (χ1n) is 21.9. The molecule has 0 spiro atoms. The van der Waals surface area contributed by atoms with Gasteiger partial charge in [-0.25, -0.2) is 0 Å². The highest BCUT2D eigenvalue weighted by molar-refractivity contribution is 6.28. The highest BCUT2D eigenvalue weighted by Gasteiger charge is 2.28. The minimum Gasteiger partial charge on any atom is -0.309 e. The Balaban J connectivity index is 1.28. The molecule has 10 aromatic carbocycles. The topological polar surface area (TPSA) is 6.48 Å². The summed E-state index contributed by atoms with van der Waals surface area (Å²) < 4.78 is 0. The van der Waals surface area contributed by atoms with Gasteiger partial charge >= 0.3 is 0 Å². The Morgan fingerprint density at radius 1 is 0.274 bits per heavy atom. The summed E-state index contributed by atoms with van der Waals surface area (Å²) in [4.78, 5) is 5.14. The van der Waals surface area contributed by atoms with E-state index in [-0.39, 0.29) is 0 Å². The molecule has 0 N–H and O–H groups in total. The minimum atomic E-state index is 1.18. The molecule has 62 heavy (non-hydrogen) atoms. The molecule has 0 aromatic heterocycles. The van der Waals surface area contributed by atoms with Gasteiger partial charge in [-0.15, -0.1) is 0 Å². The maximum Gasteiger partial charge on any atom is 0.0541 e. The van der Waals surface area contributed by atoms with Gasteiger partial charge in [0, 0.05) is 10.8 Å². The molecule has 0 unspecified atom stereocenters. The predicted octanol–water partition coefficient (Wildman–Crippen LogP) is 17.3. The number of para-hydroxylation sites is 2. The summed E-state index contributed by atoms with van der Waals surface area (Å²) in [5, 5.41) is 7.53. The van der Waals surface area contributed by atoms with Gasteiger partial charge in [0.05, 0.1) is 34.1 Å². The molecule has 10 rings (SSSR count). The number of hydrogen-bond donors (Lipinski definition) is 0. The van der Waals surface area contributed by atoms with Crippen molar-refractivity contribution in [2.24, 2.45) is 0 Å². The second kappa shape index (κ2) is 15.4. The zero-order chi connectivity index (χ0) is 42.8. The summed E-state index contributed by atoms with van der Waals surface area (Å²) in [6, 6.07) is 63.0. The van der Waals surface area contributed by atoms with E-state index in [0.29, 0.717) is 0 Å². The van der Waals surface area contributed by atoms with E-state index in [1.165, 1.54) is 133 Å². The highest BCUT2D eigenvalue weighted by atomic mass is 15.2. The highest BCUT2D eigenvalue weighted by Crippen LogP contribution is 2.52. The average molecular weight is 801 g/mol. The normalized spacial score (nSPS) is 11.5. The second-order valence-electron chi connectivity index (χ2n) is 17.3. The number of benzene rings is 10. The zero-order valence-corrected chi connectivity index (χ0v) is 37.1. The minimum absolute atomic E-state index is 1.18. The number of anilines is 6. The summed E-state index contributed by atoms with van der Waals surface area (Å²) in [5.41, 5.74) is 22.2. The second-order valence-corrected chi connectivity index (χ2v) is 17.3. The van der Waals surface area contributed by atoms with Crippen LogP contribution in [0, 0.1) is 55.4 Å². The van der Waals surface area contributed by atoms with E-state index in [9.17, 15) is 0 Å². The first-order valence-corrected chi connectivity index (χ1v) is 21.9. The lowest BCUT2D eigenvalue weighted by Gasteiger charge is -2.34. The van der Waals surface area contributed by atoms with E-state index >= 15 is 0 Å². The lowest BCUT2D eigenvalue weighted by molar-refractivity contribution is 1.19. The Kier molecular flexibility index (Phi) is 9.68. The molecule has 0 saturated carbocycles. The van der Waals surface area contributed by atoms with Crippen LogP contribution >= 0.6 is 0 Å². The van der Waals surface area contributed by atoms with Crippen LogP contribution in [0.15, 0.2) is 170 Å². The number of aryl methyl sites for hydroxylation is 6. The van der Waals surface area contributed by atoms with Crippen LogP contribution in [-0.2, 0) is 0 Å². The first kappa shape index (κ1) is 39.0. The van der Waals surface area contributed by atoms with Crippen LogP contribution < -0.4 is 9.80 Å². The smallest absolute Gasteiger partial charge is 0.0541 e. The van der Waals surface area contributed by atoms with Crippen molar-refractivity contribution < 1.29 is 0 Å². The Bertz CT molecular complexity index is 3060. The Morgan fingerprint density at radius 2 is 0.613 bits per heavy atom. The van der Waals surface area contributed by atoms with Crippen molar-refractivity contribution in [1.29, 1.82) is 0 Å². The van der Waals surface area contributed by atoms with Crippen molar-refractivity contribution in [3.05, 3.63) is 214 Å². The SMILES string of the molecule is Cc1cccc(C)c1N(c1c(C)ccc(-c2ccccc2)c1C)c1ccc2ccc3c(N(c4c(C)cccc4C)c4c(C)ccc(-c5ccccc5)c4C)ccc4ccc1c2c43. The molecular weight excluding hydrogens is 749 g/mol. The fraction of sp³-hybridized carbons (Fsp3) is 0.133. The van der Waals surface area contributed by atoms with E-state index < -0.39 is 0 Å². The van der Waals surface area contributed by atoms with Crippen LogP contribution in [0.5, 0.6) is 0 Å². The zero-order valence-electron chi connectivity index (χ0n) is 37.1. The van der Waals surface area contributed by atoms with Crippen LogP contribution in [0.25, 0.3) is 54.6 Å². The molecule has 0 fully saturated rings.